The van der Waals surface area contributed by atoms with Crippen LogP contribution >= 0.6 is 0 Å². The Morgan fingerprint density at radius 1 is 1.00 bits per heavy atom. The van der Waals surface area contributed by atoms with Crippen molar-refractivity contribution in [1.29, 1.82) is 0 Å². The third kappa shape index (κ3) is 3.26. The van der Waals surface area contributed by atoms with Crippen LogP contribution in [0.2, 0.25) is 0 Å². The first kappa shape index (κ1) is 16.1. The van der Waals surface area contributed by atoms with E-state index in [1.807, 2.05) is 12.1 Å². The standard InChI is InChI=1S/C19H19F2N3O/c20-15-7-14(8-16(21)9-15)12-24-17-3-6-23(18(17)10-19(24)25)11-13-1-4-22-5-2-13/h1-2,4-5,7-9,17-18H,3,6,10-12H2/t17-,18-/m0/s1. The lowest BCUT2D eigenvalue weighted by molar-refractivity contribution is -0.129. The van der Waals surface area contributed by atoms with Crippen molar-refractivity contribution in [3.8, 4) is 0 Å². The number of carbonyl (C=O) groups excluding carboxylic acids is 1. The van der Waals surface area contributed by atoms with E-state index in [2.05, 4.69) is 9.88 Å². The van der Waals surface area contributed by atoms with Crippen molar-refractivity contribution in [2.45, 2.75) is 38.0 Å². The van der Waals surface area contributed by atoms with Crippen LogP contribution in [0.15, 0.2) is 42.7 Å². The van der Waals surface area contributed by atoms with Crippen LogP contribution in [0.3, 0.4) is 0 Å². The number of amides is 1. The maximum absolute atomic E-state index is 13.4. The Kier molecular flexibility index (Phi) is 4.21. The molecule has 6 heteroatoms. The maximum Gasteiger partial charge on any atom is 0.224 e. The maximum atomic E-state index is 13.4. The molecule has 0 N–H and O–H groups in total. The van der Waals surface area contributed by atoms with E-state index in [4.69, 9.17) is 0 Å². The van der Waals surface area contributed by atoms with Gasteiger partial charge in [-0.1, -0.05) is 0 Å². The van der Waals surface area contributed by atoms with Crippen LogP contribution < -0.4 is 0 Å². The summed E-state index contributed by atoms with van der Waals surface area (Å²) in [5.74, 6) is -1.16. The Morgan fingerprint density at radius 3 is 2.44 bits per heavy atom. The van der Waals surface area contributed by atoms with E-state index in [0.717, 1.165) is 25.6 Å². The highest BCUT2D eigenvalue weighted by molar-refractivity contribution is 5.80. The Labute approximate surface area is 145 Å². The van der Waals surface area contributed by atoms with Crippen LogP contribution in [0.1, 0.15) is 24.0 Å². The van der Waals surface area contributed by atoms with Crippen molar-refractivity contribution in [3.05, 3.63) is 65.5 Å². The highest BCUT2D eigenvalue weighted by Crippen LogP contribution is 2.34. The summed E-state index contributed by atoms with van der Waals surface area (Å²) in [7, 11) is 0. The lowest BCUT2D eigenvalue weighted by Crippen LogP contribution is -2.36. The first-order chi connectivity index (χ1) is 12.1. The lowest BCUT2D eigenvalue weighted by atomic mass is 10.1. The number of hydrogen-bond acceptors (Lipinski definition) is 3. The SMILES string of the molecule is O=C1C[C@H]2[C@H](CCN2Cc2ccncc2)N1Cc1cc(F)cc(F)c1. The number of nitrogens with zero attached hydrogens (tertiary/aromatic N) is 3. The fourth-order valence-corrected chi connectivity index (χ4v) is 4.03. The van der Waals surface area contributed by atoms with E-state index >= 15 is 0 Å². The van der Waals surface area contributed by atoms with Crippen molar-refractivity contribution in [2.75, 3.05) is 6.54 Å². The highest BCUT2D eigenvalue weighted by atomic mass is 19.1. The number of pyridine rings is 1. The molecule has 2 atom stereocenters. The minimum atomic E-state index is -0.607. The van der Waals surface area contributed by atoms with Crippen molar-refractivity contribution < 1.29 is 13.6 Å². The molecule has 0 bridgehead atoms. The summed E-state index contributed by atoms with van der Waals surface area (Å²) >= 11 is 0. The fraction of sp³-hybridized carbons (Fsp3) is 0.368. The van der Waals surface area contributed by atoms with Gasteiger partial charge in [-0.25, -0.2) is 8.78 Å². The molecule has 0 unspecified atom stereocenters. The van der Waals surface area contributed by atoms with Crippen molar-refractivity contribution in [2.24, 2.45) is 0 Å². The van der Waals surface area contributed by atoms with Gasteiger partial charge in [0.15, 0.2) is 0 Å². The third-order valence-electron chi connectivity index (χ3n) is 5.14. The average Bonchev–Trinajstić information content (AvgIpc) is 3.08. The zero-order valence-electron chi connectivity index (χ0n) is 13.7. The topological polar surface area (TPSA) is 36.4 Å². The summed E-state index contributed by atoms with van der Waals surface area (Å²) in [5.41, 5.74) is 1.67. The van der Waals surface area contributed by atoms with Crippen LogP contribution in [0, 0.1) is 11.6 Å². The molecule has 0 radical (unpaired) electrons. The molecule has 2 aromatic rings. The van der Waals surface area contributed by atoms with Crippen LogP contribution in [0.5, 0.6) is 0 Å². The quantitative estimate of drug-likeness (QED) is 0.856. The molecule has 4 nitrogen and oxygen atoms in total. The van der Waals surface area contributed by atoms with Crippen LogP contribution in [-0.2, 0) is 17.9 Å². The van der Waals surface area contributed by atoms with Gasteiger partial charge < -0.3 is 4.90 Å². The average molecular weight is 343 g/mol. The van der Waals surface area contributed by atoms with E-state index in [9.17, 15) is 13.6 Å². The Morgan fingerprint density at radius 2 is 1.72 bits per heavy atom. The first-order valence-corrected chi connectivity index (χ1v) is 8.47. The molecule has 1 aromatic heterocycles. The Balaban J connectivity index is 1.48. The first-order valence-electron chi connectivity index (χ1n) is 8.47. The van der Waals surface area contributed by atoms with Crippen molar-refractivity contribution in [3.63, 3.8) is 0 Å². The number of hydrogen-bond donors (Lipinski definition) is 0. The summed E-state index contributed by atoms with van der Waals surface area (Å²) in [6, 6.07) is 7.69. The molecule has 3 heterocycles. The molecule has 4 rings (SSSR count). The fourth-order valence-electron chi connectivity index (χ4n) is 4.03. The van der Waals surface area contributed by atoms with E-state index in [1.54, 1.807) is 17.3 Å². The zero-order valence-corrected chi connectivity index (χ0v) is 13.7. The van der Waals surface area contributed by atoms with Gasteiger partial charge in [-0.05, 0) is 41.8 Å². The van der Waals surface area contributed by atoms with Gasteiger partial charge in [0, 0.05) is 56.6 Å². The molecular weight excluding hydrogens is 324 g/mol. The third-order valence-corrected chi connectivity index (χ3v) is 5.14. The number of rotatable bonds is 4. The smallest absolute Gasteiger partial charge is 0.224 e. The summed E-state index contributed by atoms with van der Waals surface area (Å²) < 4.78 is 26.8. The molecule has 130 valence electrons. The van der Waals surface area contributed by atoms with Gasteiger partial charge in [-0.3, -0.25) is 14.7 Å². The second-order valence-corrected chi connectivity index (χ2v) is 6.75. The monoisotopic (exact) mass is 343 g/mol. The minimum absolute atomic E-state index is 0.0547. The van der Waals surface area contributed by atoms with Gasteiger partial charge in [0.2, 0.25) is 5.91 Å². The van der Waals surface area contributed by atoms with E-state index in [-0.39, 0.29) is 24.5 Å². The van der Waals surface area contributed by atoms with Gasteiger partial charge >= 0.3 is 0 Å². The molecule has 0 spiro atoms. The van der Waals surface area contributed by atoms with E-state index < -0.39 is 11.6 Å². The highest BCUT2D eigenvalue weighted by Gasteiger charge is 2.46. The molecule has 25 heavy (non-hydrogen) atoms. The molecule has 2 aliphatic rings. The van der Waals surface area contributed by atoms with Crippen LogP contribution in [0.25, 0.3) is 0 Å². The summed E-state index contributed by atoms with van der Waals surface area (Å²) in [4.78, 5) is 20.6. The van der Waals surface area contributed by atoms with E-state index in [0.29, 0.717) is 12.0 Å². The number of carbonyl (C=O) groups is 1. The molecule has 1 amide bonds. The summed E-state index contributed by atoms with van der Waals surface area (Å²) in [6.45, 7) is 1.97. The van der Waals surface area contributed by atoms with Gasteiger partial charge in [0.1, 0.15) is 11.6 Å². The predicted molar refractivity (Wildman–Crippen MR) is 88.4 cm³/mol. The number of likely N-dealkylation sites (tertiary alicyclic amines) is 2. The molecule has 0 saturated carbocycles. The van der Waals surface area contributed by atoms with Crippen LogP contribution in [-0.4, -0.2) is 39.3 Å². The number of aromatic nitrogens is 1. The largest absolute Gasteiger partial charge is 0.334 e. The number of fused-ring (bicyclic) bond motifs is 1. The number of halogens is 2. The normalized spacial score (nSPS) is 23.3. The van der Waals surface area contributed by atoms with Gasteiger partial charge in [-0.15, -0.1) is 0 Å². The van der Waals surface area contributed by atoms with Crippen molar-refractivity contribution >= 4 is 5.91 Å². The van der Waals surface area contributed by atoms with Crippen molar-refractivity contribution in [1.82, 2.24) is 14.8 Å². The molecule has 2 fully saturated rings. The summed E-state index contributed by atoms with van der Waals surface area (Å²) in [6.07, 6.45) is 4.90. The molecular formula is C19H19F2N3O. The molecule has 0 aliphatic carbocycles. The van der Waals surface area contributed by atoms with Gasteiger partial charge in [0.05, 0.1) is 0 Å². The minimum Gasteiger partial charge on any atom is -0.334 e. The number of benzene rings is 1. The Hall–Kier alpha value is -2.34. The van der Waals surface area contributed by atoms with Crippen LogP contribution in [0.4, 0.5) is 8.78 Å². The zero-order chi connectivity index (χ0) is 17.4. The lowest BCUT2D eigenvalue weighted by Gasteiger charge is -2.25. The molecule has 2 saturated heterocycles. The van der Waals surface area contributed by atoms with E-state index in [1.165, 1.54) is 17.7 Å². The summed E-state index contributed by atoms with van der Waals surface area (Å²) in [5, 5.41) is 0. The predicted octanol–water partition coefficient (Wildman–Crippen LogP) is 2.74. The molecule has 1 aromatic carbocycles. The van der Waals surface area contributed by atoms with Gasteiger partial charge in [-0.2, -0.15) is 0 Å². The van der Waals surface area contributed by atoms with Gasteiger partial charge in [0.25, 0.3) is 0 Å². The molecule has 2 aliphatic heterocycles. The Bertz CT molecular complexity index is 763. The second kappa shape index (κ2) is 6.52. The second-order valence-electron chi connectivity index (χ2n) is 6.75.